The van der Waals surface area contributed by atoms with Gasteiger partial charge in [0.2, 0.25) is 0 Å². The Bertz CT molecular complexity index is 1270. The molecule has 202 valence electrons. The van der Waals surface area contributed by atoms with Gasteiger partial charge in [-0.05, 0) is 96.0 Å². The van der Waals surface area contributed by atoms with Crippen molar-refractivity contribution in [1.82, 2.24) is 4.90 Å². The lowest BCUT2D eigenvalue weighted by Crippen LogP contribution is -2.42. The summed E-state index contributed by atoms with van der Waals surface area (Å²) in [5.74, 6) is -1.09. The van der Waals surface area contributed by atoms with Crippen LogP contribution < -0.4 is 11.1 Å². The van der Waals surface area contributed by atoms with Crippen LogP contribution in [0.5, 0.6) is 0 Å². The Balaban J connectivity index is 1.64. The van der Waals surface area contributed by atoms with Gasteiger partial charge in [-0.25, -0.2) is 4.79 Å². The van der Waals surface area contributed by atoms with E-state index in [1.807, 2.05) is 0 Å². The number of carbonyl (C=O) groups excluding carboxylic acids is 4. The van der Waals surface area contributed by atoms with Crippen LogP contribution in [0.1, 0.15) is 73.4 Å². The monoisotopic (exact) mass is 522 g/mol. The van der Waals surface area contributed by atoms with Crippen molar-refractivity contribution in [2.45, 2.75) is 59.2 Å². The van der Waals surface area contributed by atoms with Gasteiger partial charge in [0, 0.05) is 28.9 Å². The maximum absolute atomic E-state index is 12.9. The number of carbonyl (C=O) groups is 4. The van der Waals surface area contributed by atoms with Crippen LogP contribution in [0.25, 0.3) is 0 Å². The first-order valence-corrected chi connectivity index (χ1v) is 12.2. The Morgan fingerprint density at radius 3 is 2.16 bits per heavy atom. The number of aliphatic imine (C=N–C) groups is 1. The molecule has 1 heterocycles. The minimum absolute atomic E-state index is 0.00260. The second-order valence-corrected chi connectivity index (χ2v) is 10.9. The topological polar surface area (TPSA) is 140 Å². The van der Waals surface area contributed by atoms with Crippen LogP contribution in [-0.2, 0) is 20.7 Å². The van der Waals surface area contributed by atoms with Crippen LogP contribution in [0.3, 0.4) is 0 Å². The zero-order valence-electron chi connectivity index (χ0n) is 22.6. The summed E-state index contributed by atoms with van der Waals surface area (Å²) in [5.41, 5.74) is 7.20. The van der Waals surface area contributed by atoms with Gasteiger partial charge in [0.15, 0.2) is 0 Å². The van der Waals surface area contributed by atoms with E-state index in [9.17, 15) is 19.2 Å². The van der Waals surface area contributed by atoms with Crippen LogP contribution >= 0.6 is 0 Å². The highest BCUT2D eigenvalue weighted by molar-refractivity contribution is 6.07. The Labute approximate surface area is 222 Å². The number of nitrogens with two attached hydrogens (primary N) is 1. The van der Waals surface area contributed by atoms with Crippen LogP contribution in [0.15, 0.2) is 47.5 Å². The third-order valence-electron chi connectivity index (χ3n) is 5.32. The Hall–Kier alpha value is -4.21. The summed E-state index contributed by atoms with van der Waals surface area (Å²) < 4.78 is 10.5. The van der Waals surface area contributed by atoms with Crippen molar-refractivity contribution < 1.29 is 28.7 Å². The molecule has 0 radical (unpaired) electrons. The van der Waals surface area contributed by atoms with Gasteiger partial charge in [0.25, 0.3) is 11.8 Å². The minimum atomic E-state index is -0.786. The van der Waals surface area contributed by atoms with Crippen molar-refractivity contribution in [3.63, 3.8) is 0 Å². The highest BCUT2D eigenvalue weighted by Gasteiger charge is 2.28. The number of ether oxygens (including phenoxy) is 2. The molecule has 0 spiro atoms. The number of anilines is 1. The van der Waals surface area contributed by atoms with E-state index in [1.165, 1.54) is 4.90 Å². The van der Waals surface area contributed by atoms with E-state index in [0.717, 1.165) is 5.56 Å². The number of fused-ring (bicyclic) bond motifs is 1. The number of benzene rings is 2. The van der Waals surface area contributed by atoms with Crippen molar-refractivity contribution >= 4 is 35.4 Å². The molecular weight excluding hydrogens is 488 g/mol. The van der Waals surface area contributed by atoms with E-state index in [1.54, 1.807) is 84.0 Å². The fourth-order valence-electron chi connectivity index (χ4n) is 3.73. The number of amidine groups is 1. The summed E-state index contributed by atoms with van der Waals surface area (Å²) in [7, 11) is 0. The van der Waals surface area contributed by atoms with Crippen LogP contribution in [-0.4, -0.2) is 58.9 Å². The third-order valence-corrected chi connectivity index (χ3v) is 5.32. The summed E-state index contributed by atoms with van der Waals surface area (Å²) in [6, 6.07) is 11.4. The van der Waals surface area contributed by atoms with E-state index in [-0.39, 0.29) is 24.2 Å². The van der Waals surface area contributed by atoms with Crippen molar-refractivity contribution in [3.8, 4) is 0 Å². The molecule has 0 saturated heterocycles. The van der Waals surface area contributed by atoms with E-state index in [4.69, 9.17) is 15.2 Å². The fraction of sp³-hybridized carbons (Fsp3) is 0.393. The molecular formula is C28H34N4O6. The van der Waals surface area contributed by atoms with Crippen LogP contribution in [0.4, 0.5) is 10.5 Å². The molecule has 0 saturated carbocycles. The van der Waals surface area contributed by atoms with Gasteiger partial charge in [0.1, 0.15) is 23.6 Å². The number of esters is 1. The lowest BCUT2D eigenvalue weighted by atomic mass is 9.96. The molecule has 1 aliphatic rings. The molecule has 10 heteroatoms. The first-order valence-electron chi connectivity index (χ1n) is 12.2. The quantitative estimate of drug-likeness (QED) is 0.344. The molecule has 2 aromatic rings. The standard InChI is InChI=1S/C28H34N4O6/c1-27(2,3)37-22(33)16-32-14-13-18-15-19(9-12-21(18)25(32)35)24(34)30-20-10-7-17(8-11-20)23(29)31-26(36)38-28(4,5)6/h7-12,15H,13-14,16H2,1-6H3,(H,30,34)(H2,29,31,36). The van der Waals surface area contributed by atoms with Gasteiger partial charge in [-0.2, -0.15) is 4.99 Å². The van der Waals surface area contributed by atoms with Crippen LogP contribution in [0.2, 0.25) is 0 Å². The molecule has 0 bridgehead atoms. The molecule has 1 aliphatic heterocycles. The zero-order chi connectivity index (χ0) is 28.3. The van der Waals surface area contributed by atoms with Crippen molar-refractivity contribution in [2.24, 2.45) is 10.7 Å². The Morgan fingerprint density at radius 2 is 1.55 bits per heavy atom. The first-order chi connectivity index (χ1) is 17.6. The van der Waals surface area contributed by atoms with E-state index in [2.05, 4.69) is 10.3 Å². The van der Waals surface area contributed by atoms with Gasteiger partial charge >= 0.3 is 12.1 Å². The van der Waals surface area contributed by atoms with Gasteiger partial charge in [-0.1, -0.05) is 0 Å². The second-order valence-electron chi connectivity index (χ2n) is 10.9. The van der Waals surface area contributed by atoms with Crippen molar-refractivity contribution in [2.75, 3.05) is 18.4 Å². The van der Waals surface area contributed by atoms with Gasteiger partial charge < -0.3 is 25.4 Å². The highest BCUT2D eigenvalue weighted by atomic mass is 16.6. The molecule has 0 aromatic heterocycles. The Morgan fingerprint density at radius 1 is 0.947 bits per heavy atom. The molecule has 3 N–H and O–H groups in total. The summed E-state index contributed by atoms with van der Waals surface area (Å²) in [6.45, 7) is 10.7. The summed E-state index contributed by atoms with van der Waals surface area (Å²) >= 11 is 0. The summed E-state index contributed by atoms with van der Waals surface area (Å²) in [6.07, 6.45) is -0.276. The molecule has 0 atom stereocenters. The zero-order valence-corrected chi connectivity index (χ0v) is 22.6. The number of rotatable bonds is 5. The molecule has 0 aliphatic carbocycles. The molecule has 3 amide bonds. The maximum atomic E-state index is 12.9. The van der Waals surface area contributed by atoms with Gasteiger partial charge in [0.05, 0.1) is 0 Å². The largest absolute Gasteiger partial charge is 0.459 e. The predicted molar refractivity (Wildman–Crippen MR) is 143 cm³/mol. The van der Waals surface area contributed by atoms with E-state index < -0.39 is 23.3 Å². The Kier molecular flexibility index (Phi) is 8.24. The molecule has 0 unspecified atom stereocenters. The average Bonchev–Trinajstić information content (AvgIpc) is 2.78. The highest BCUT2D eigenvalue weighted by Crippen LogP contribution is 2.22. The van der Waals surface area contributed by atoms with Crippen molar-refractivity contribution in [1.29, 1.82) is 0 Å². The van der Waals surface area contributed by atoms with Gasteiger partial charge in [-0.15, -0.1) is 0 Å². The van der Waals surface area contributed by atoms with Gasteiger partial charge in [-0.3, -0.25) is 14.4 Å². The number of nitrogens with one attached hydrogen (secondary N) is 1. The normalized spacial score (nSPS) is 14.0. The maximum Gasteiger partial charge on any atom is 0.436 e. The average molecular weight is 523 g/mol. The fourth-order valence-corrected chi connectivity index (χ4v) is 3.73. The lowest BCUT2D eigenvalue weighted by molar-refractivity contribution is -0.155. The smallest absolute Gasteiger partial charge is 0.436 e. The van der Waals surface area contributed by atoms with E-state index in [0.29, 0.717) is 35.3 Å². The molecule has 10 nitrogen and oxygen atoms in total. The second kappa shape index (κ2) is 11.0. The van der Waals surface area contributed by atoms with Crippen molar-refractivity contribution in [3.05, 3.63) is 64.7 Å². The third kappa shape index (κ3) is 7.89. The predicted octanol–water partition coefficient (Wildman–Crippen LogP) is 3.92. The molecule has 2 aromatic carbocycles. The van der Waals surface area contributed by atoms with Crippen LogP contribution in [0, 0.1) is 0 Å². The van der Waals surface area contributed by atoms with E-state index >= 15 is 0 Å². The number of amides is 3. The summed E-state index contributed by atoms with van der Waals surface area (Å²) in [5, 5.41) is 2.80. The first kappa shape index (κ1) is 28.4. The number of nitrogens with zero attached hydrogens (tertiary/aromatic N) is 2. The molecule has 0 fully saturated rings. The number of hydrogen-bond acceptors (Lipinski definition) is 6. The molecule has 3 rings (SSSR count). The lowest BCUT2D eigenvalue weighted by Gasteiger charge is -2.29. The minimum Gasteiger partial charge on any atom is -0.459 e. The SMILES string of the molecule is CC(C)(C)OC(=O)CN1CCc2cc(C(=O)Nc3ccc(/C(N)=N/C(=O)OC(C)(C)C)cc3)ccc2C1=O. The molecule has 38 heavy (non-hydrogen) atoms. The summed E-state index contributed by atoms with van der Waals surface area (Å²) in [4.78, 5) is 54.9. The number of hydrogen-bond donors (Lipinski definition) is 2.